The van der Waals surface area contributed by atoms with E-state index in [0.29, 0.717) is 6.42 Å². The van der Waals surface area contributed by atoms with Crippen LogP contribution in [0.4, 0.5) is 0 Å². The molecule has 0 aromatic rings. The van der Waals surface area contributed by atoms with Crippen LogP contribution in [0.15, 0.2) is 0 Å². The third-order valence-corrected chi connectivity index (χ3v) is 3.94. The molecule has 8 nitrogen and oxygen atoms in total. The molecule has 0 unspecified atom stereocenters. The van der Waals surface area contributed by atoms with Gasteiger partial charge in [-0.2, -0.15) is 0 Å². The molecule has 0 bridgehead atoms. The van der Waals surface area contributed by atoms with E-state index in [4.69, 9.17) is 5.11 Å². The van der Waals surface area contributed by atoms with Gasteiger partial charge in [0.25, 0.3) is 0 Å². The normalized spacial score (nSPS) is 13.0. The molecule has 0 aromatic heterocycles. The van der Waals surface area contributed by atoms with Gasteiger partial charge >= 0.3 is 5.97 Å². The first-order valence-electron chi connectivity index (χ1n) is 9.28. The molecule has 0 spiro atoms. The monoisotopic (exact) mass is 371 g/mol. The molecule has 0 fully saturated rings. The van der Waals surface area contributed by atoms with Crippen LogP contribution in [0.25, 0.3) is 0 Å². The Morgan fingerprint density at radius 3 is 2.04 bits per heavy atom. The minimum absolute atomic E-state index is 0.194. The van der Waals surface area contributed by atoms with Gasteiger partial charge in [0.05, 0.1) is 0 Å². The Hall–Kier alpha value is -2.12. The summed E-state index contributed by atoms with van der Waals surface area (Å²) >= 11 is 0. The van der Waals surface area contributed by atoms with Gasteiger partial charge in [-0.3, -0.25) is 19.2 Å². The number of carboxylic acid groups (broad SMARTS) is 1. The largest absolute Gasteiger partial charge is 0.480 e. The molecule has 0 heterocycles. The van der Waals surface area contributed by atoms with Gasteiger partial charge < -0.3 is 21.1 Å². The molecule has 0 radical (unpaired) electrons. The molecule has 0 rings (SSSR count). The summed E-state index contributed by atoms with van der Waals surface area (Å²) in [5.41, 5.74) is 0. The summed E-state index contributed by atoms with van der Waals surface area (Å²) in [5, 5.41) is 16.1. The number of aliphatic carboxylic acids is 1. The van der Waals surface area contributed by atoms with Crippen LogP contribution < -0.4 is 16.0 Å². The molecule has 3 amide bonds. The number of carboxylic acids is 1. The highest BCUT2D eigenvalue weighted by molar-refractivity contribution is 5.92. The fourth-order valence-corrected chi connectivity index (χ4v) is 2.35. The van der Waals surface area contributed by atoms with E-state index in [2.05, 4.69) is 22.9 Å². The number of rotatable bonds is 13. The maximum atomic E-state index is 12.2. The highest BCUT2D eigenvalue weighted by Gasteiger charge is 2.26. The topological polar surface area (TPSA) is 125 Å². The summed E-state index contributed by atoms with van der Waals surface area (Å²) in [6.07, 6.45) is 5.53. The van der Waals surface area contributed by atoms with E-state index >= 15 is 0 Å². The van der Waals surface area contributed by atoms with Crippen LogP contribution in [0.2, 0.25) is 0 Å². The fourth-order valence-electron chi connectivity index (χ4n) is 2.35. The van der Waals surface area contributed by atoms with Crippen LogP contribution in [-0.2, 0) is 19.2 Å². The van der Waals surface area contributed by atoms with Crippen molar-refractivity contribution < 1.29 is 24.3 Å². The average Bonchev–Trinajstić information content (AvgIpc) is 2.56. The maximum Gasteiger partial charge on any atom is 0.322 e. The average molecular weight is 371 g/mol. The number of nitrogens with one attached hydrogen (secondary N) is 3. The molecule has 26 heavy (non-hydrogen) atoms. The molecule has 0 aliphatic rings. The lowest BCUT2D eigenvalue weighted by Gasteiger charge is -2.23. The number of carbonyl (C=O) groups is 4. The van der Waals surface area contributed by atoms with Crippen molar-refractivity contribution in [3.05, 3.63) is 0 Å². The Morgan fingerprint density at radius 1 is 0.885 bits per heavy atom. The second-order valence-electron chi connectivity index (χ2n) is 6.80. The van der Waals surface area contributed by atoms with Gasteiger partial charge in [0.2, 0.25) is 17.7 Å². The van der Waals surface area contributed by atoms with Gasteiger partial charge in [-0.15, -0.1) is 0 Å². The number of amides is 3. The van der Waals surface area contributed by atoms with Crippen molar-refractivity contribution in [2.75, 3.05) is 6.54 Å². The highest BCUT2D eigenvalue weighted by atomic mass is 16.4. The van der Waals surface area contributed by atoms with Crippen molar-refractivity contribution in [1.82, 2.24) is 16.0 Å². The van der Waals surface area contributed by atoms with E-state index < -0.39 is 36.4 Å². The second kappa shape index (κ2) is 13.1. The van der Waals surface area contributed by atoms with Crippen LogP contribution in [-0.4, -0.2) is 47.4 Å². The lowest BCUT2D eigenvalue weighted by atomic mass is 10.0. The number of hydrogen-bond donors (Lipinski definition) is 4. The molecule has 150 valence electrons. The van der Waals surface area contributed by atoms with Crippen LogP contribution >= 0.6 is 0 Å². The van der Waals surface area contributed by atoms with Crippen LogP contribution in [0.3, 0.4) is 0 Å². The minimum atomic E-state index is -1.16. The van der Waals surface area contributed by atoms with E-state index in [1.54, 1.807) is 20.8 Å². The molecular weight excluding hydrogens is 338 g/mol. The lowest BCUT2D eigenvalue weighted by molar-refractivity contribution is -0.138. The summed E-state index contributed by atoms with van der Waals surface area (Å²) in [6, 6.07) is -1.64. The highest BCUT2D eigenvalue weighted by Crippen LogP contribution is 2.05. The van der Waals surface area contributed by atoms with Crippen molar-refractivity contribution in [3.63, 3.8) is 0 Å². The molecule has 0 aliphatic carbocycles. The van der Waals surface area contributed by atoms with E-state index in [1.807, 2.05) is 0 Å². The third kappa shape index (κ3) is 10.7. The van der Waals surface area contributed by atoms with Crippen molar-refractivity contribution in [2.24, 2.45) is 5.92 Å². The number of unbranched alkanes of at least 4 members (excludes halogenated alkanes) is 4. The lowest BCUT2D eigenvalue weighted by Crippen LogP contribution is -2.55. The third-order valence-electron chi connectivity index (χ3n) is 3.94. The summed E-state index contributed by atoms with van der Waals surface area (Å²) in [5.74, 6) is -2.62. The molecule has 0 saturated carbocycles. The molecule has 0 aromatic carbocycles. The Kier molecular flexibility index (Phi) is 12.1. The van der Waals surface area contributed by atoms with Crippen LogP contribution in [0, 0.1) is 5.92 Å². The Morgan fingerprint density at radius 2 is 1.50 bits per heavy atom. The zero-order valence-corrected chi connectivity index (χ0v) is 16.3. The first-order chi connectivity index (χ1) is 12.2. The molecule has 0 saturated heterocycles. The summed E-state index contributed by atoms with van der Waals surface area (Å²) < 4.78 is 0. The van der Waals surface area contributed by atoms with Crippen LogP contribution in [0.1, 0.15) is 66.2 Å². The van der Waals surface area contributed by atoms with Gasteiger partial charge in [-0.25, -0.2) is 0 Å². The summed E-state index contributed by atoms with van der Waals surface area (Å²) in [6.45, 7) is 6.65. The SMILES string of the molecule is CCCCCCCC(=O)N[C@@H](C)C(=O)N[C@H](C(=O)NCC(=O)O)C(C)C. The van der Waals surface area contributed by atoms with E-state index in [-0.39, 0.29) is 11.8 Å². The second-order valence-corrected chi connectivity index (χ2v) is 6.80. The van der Waals surface area contributed by atoms with E-state index in [0.717, 1.165) is 32.1 Å². The molecule has 4 N–H and O–H groups in total. The predicted octanol–water partition coefficient (Wildman–Crippen LogP) is 1.19. The zero-order valence-electron chi connectivity index (χ0n) is 16.3. The Balaban J connectivity index is 4.39. The summed E-state index contributed by atoms with van der Waals surface area (Å²) in [7, 11) is 0. The Labute approximate surface area is 155 Å². The minimum Gasteiger partial charge on any atom is -0.480 e. The standard InChI is InChI=1S/C18H33N3O5/c1-5-6-7-8-9-10-14(22)20-13(4)17(25)21-16(12(2)3)18(26)19-11-15(23)24/h12-13,16H,5-11H2,1-4H3,(H,19,26)(H,20,22)(H,21,25)(H,23,24)/t13-,16-/m0/s1. The van der Waals surface area contributed by atoms with Crippen molar-refractivity contribution in [3.8, 4) is 0 Å². The van der Waals surface area contributed by atoms with Gasteiger partial charge in [0, 0.05) is 6.42 Å². The maximum absolute atomic E-state index is 12.2. The number of hydrogen-bond acceptors (Lipinski definition) is 4. The fraction of sp³-hybridized carbons (Fsp3) is 0.778. The van der Waals surface area contributed by atoms with Crippen molar-refractivity contribution in [2.45, 2.75) is 78.3 Å². The predicted molar refractivity (Wildman–Crippen MR) is 98.4 cm³/mol. The quantitative estimate of drug-likeness (QED) is 0.362. The van der Waals surface area contributed by atoms with Crippen molar-refractivity contribution >= 4 is 23.7 Å². The van der Waals surface area contributed by atoms with Gasteiger partial charge in [-0.05, 0) is 19.3 Å². The first kappa shape index (κ1) is 23.9. The van der Waals surface area contributed by atoms with Crippen LogP contribution in [0.5, 0.6) is 0 Å². The Bertz CT molecular complexity index is 479. The van der Waals surface area contributed by atoms with E-state index in [9.17, 15) is 19.2 Å². The zero-order chi connectivity index (χ0) is 20.1. The smallest absolute Gasteiger partial charge is 0.322 e. The molecule has 0 aliphatic heterocycles. The van der Waals surface area contributed by atoms with Gasteiger partial charge in [0.15, 0.2) is 0 Å². The summed E-state index contributed by atoms with van der Waals surface area (Å²) in [4.78, 5) is 46.7. The van der Waals surface area contributed by atoms with E-state index in [1.165, 1.54) is 0 Å². The number of carbonyl (C=O) groups excluding carboxylic acids is 3. The first-order valence-corrected chi connectivity index (χ1v) is 9.28. The molecular formula is C18H33N3O5. The molecule has 2 atom stereocenters. The molecule has 8 heteroatoms. The van der Waals surface area contributed by atoms with Gasteiger partial charge in [-0.1, -0.05) is 46.5 Å². The van der Waals surface area contributed by atoms with Crippen molar-refractivity contribution in [1.29, 1.82) is 0 Å². The van der Waals surface area contributed by atoms with Gasteiger partial charge in [0.1, 0.15) is 18.6 Å².